The number of methoxy groups -OCH3 is 1. The molecular formula is C19H21FN2O3. The van der Waals surface area contributed by atoms with E-state index in [-0.39, 0.29) is 36.2 Å². The molecule has 1 amide bonds. The van der Waals surface area contributed by atoms with E-state index < -0.39 is 0 Å². The van der Waals surface area contributed by atoms with Gasteiger partial charge < -0.3 is 15.2 Å². The van der Waals surface area contributed by atoms with Crippen molar-refractivity contribution in [3.63, 3.8) is 0 Å². The summed E-state index contributed by atoms with van der Waals surface area (Å²) in [6.07, 6.45) is 2.55. The van der Waals surface area contributed by atoms with Crippen LogP contribution in [0, 0.1) is 11.7 Å². The molecule has 0 aliphatic heterocycles. The van der Waals surface area contributed by atoms with E-state index in [1.165, 1.54) is 13.2 Å². The molecule has 0 radical (unpaired) electrons. The van der Waals surface area contributed by atoms with E-state index in [1.807, 2.05) is 6.07 Å². The van der Waals surface area contributed by atoms with Crippen LogP contribution in [0.3, 0.4) is 0 Å². The van der Waals surface area contributed by atoms with Crippen LogP contribution >= 0.6 is 0 Å². The molecule has 1 saturated carbocycles. The molecule has 132 valence electrons. The third-order valence-corrected chi connectivity index (χ3v) is 4.57. The first-order chi connectivity index (χ1) is 12.1. The normalized spacial score (nSPS) is 20.4. The highest BCUT2D eigenvalue weighted by Crippen LogP contribution is 2.38. The highest BCUT2D eigenvalue weighted by molar-refractivity contribution is 5.79. The minimum Gasteiger partial charge on any atom is -0.481 e. The van der Waals surface area contributed by atoms with Gasteiger partial charge in [-0.05, 0) is 36.0 Å². The maximum Gasteiger partial charge on any atom is 0.225 e. The van der Waals surface area contributed by atoms with Crippen LogP contribution in [-0.4, -0.2) is 29.2 Å². The van der Waals surface area contributed by atoms with Crippen LogP contribution in [0.1, 0.15) is 30.0 Å². The summed E-state index contributed by atoms with van der Waals surface area (Å²) >= 11 is 0. The molecule has 0 bridgehead atoms. The van der Waals surface area contributed by atoms with Gasteiger partial charge in [0.2, 0.25) is 11.8 Å². The Labute approximate surface area is 145 Å². The second kappa shape index (κ2) is 7.61. The van der Waals surface area contributed by atoms with Crippen molar-refractivity contribution < 1.29 is 19.0 Å². The zero-order valence-electron chi connectivity index (χ0n) is 14.0. The fraction of sp³-hybridized carbons (Fsp3) is 0.368. The van der Waals surface area contributed by atoms with Gasteiger partial charge in [0.25, 0.3) is 0 Å². The van der Waals surface area contributed by atoms with E-state index in [0.717, 1.165) is 5.56 Å². The maximum atomic E-state index is 13.7. The minimum absolute atomic E-state index is 0.0258. The Morgan fingerprint density at radius 3 is 2.72 bits per heavy atom. The summed E-state index contributed by atoms with van der Waals surface area (Å²) in [7, 11) is 1.54. The first-order valence-electron chi connectivity index (χ1n) is 8.27. The lowest BCUT2D eigenvalue weighted by Gasteiger charge is -2.38. The van der Waals surface area contributed by atoms with Gasteiger partial charge in [0.05, 0.1) is 25.7 Å². The van der Waals surface area contributed by atoms with Crippen molar-refractivity contribution >= 4 is 5.91 Å². The van der Waals surface area contributed by atoms with Crippen LogP contribution in [0.5, 0.6) is 5.88 Å². The molecule has 1 heterocycles. The first-order valence-corrected chi connectivity index (χ1v) is 8.27. The predicted octanol–water partition coefficient (Wildman–Crippen LogP) is 2.40. The minimum atomic E-state index is -0.389. The Bertz CT molecular complexity index is 730. The number of hydrogen-bond donors (Lipinski definition) is 2. The van der Waals surface area contributed by atoms with Crippen LogP contribution in [0.2, 0.25) is 0 Å². The molecule has 0 unspecified atom stereocenters. The number of aromatic nitrogens is 1. The molecule has 1 atom stereocenters. The van der Waals surface area contributed by atoms with E-state index >= 15 is 0 Å². The molecule has 2 N–H and O–H groups in total. The van der Waals surface area contributed by atoms with Gasteiger partial charge in [-0.3, -0.25) is 4.79 Å². The highest BCUT2D eigenvalue weighted by atomic mass is 19.1. The molecular weight excluding hydrogens is 323 g/mol. The van der Waals surface area contributed by atoms with Crippen molar-refractivity contribution in [3.8, 4) is 5.88 Å². The van der Waals surface area contributed by atoms with Gasteiger partial charge >= 0.3 is 0 Å². The zero-order valence-corrected chi connectivity index (χ0v) is 14.0. The Kier molecular flexibility index (Phi) is 5.28. The van der Waals surface area contributed by atoms with Gasteiger partial charge in [-0.15, -0.1) is 0 Å². The van der Waals surface area contributed by atoms with Crippen molar-refractivity contribution in [1.29, 1.82) is 0 Å². The van der Waals surface area contributed by atoms with Crippen LogP contribution < -0.4 is 10.1 Å². The molecule has 1 aromatic heterocycles. The summed E-state index contributed by atoms with van der Waals surface area (Å²) in [6, 6.07) is 9.57. The third kappa shape index (κ3) is 4.14. The van der Waals surface area contributed by atoms with E-state index in [1.54, 1.807) is 30.5 Å². The van der Waals surface area contributed by atoms with Gasteiger partial charge in [0.1, 0.15) is 5.82 Å². The lowest BCUT2D eigenvalue weighted by Crippen LogP contribution is -2.42. The second-order valence-corrected chi connectivity index (χ2v) is 6.33. The third-order valence-electron chi connectivity index (χ3n) is 4.57. The summed E-state index contributed by atoms with van der Waals surface area (Å²) in [5.41, 5.74) is 1.21. The molecule has 3 rings (SSSR count). The quantitative estimate of drug-likeness (QED) is 0.844. The highest BCUT2D eigenvalue weighted by Gasteiger charge is 2.35. The van der Waals surface area contributed by atoms with Crippen LogP contribution in [0.4, 0.5) is 4.39 Å². The number of hydrogen-bond acceptors (Lipinski definition) is 4. The number of halogens is 1. The summed E-state index contributed by atoms with van der Waals surface area (Å²) < 4.78 is 18.8. The van der Waals surface area contributed by atoms with Crippen LogP contribution in [-0.2, 0) is 11.2 Å². The Morgan fingerprint density at radius 2 is 2.12 bits per heavy atom. The van der Waals surface area contributed by atoms with Crippen molar-refractivity contribution in [2.75, 3.05) is 7.11 Å². The van der Waals surface area contributed by atoms with E-state index in [0.29, 0.717) is 24.3 Å². The van der Waals surface area contributed by atoms with Crippen molar-refractivity contribution in [2.24, 2.45) is 5.92 Å². The summed E-state index contributed by atoms with van der Waals surface area (Å²) in [5.74, 6) is -0.0183. The maximum absolute atomic E-state index is 13.7. The van der Waals surface area contributed by atoms with Crippen molar-refractivity contribution in [3.05, 3.63) is 59.5 Å². The van der Waals surface area contributed by atoms with Gasteiger partial charge in [-0.1, -0.05) is 24.3 Å². The summed E-state index contributed by atoms with van der Waals surface area (Å²) in [5, 5.41) is 12.6. The molecule has 1 aliphatic rings. The number of amides is 1. The summed E-state index contributed by atoms with van der Waals surface area (Å²) in [4.78, 5) is 16.6. The van der Waals surface area contributed by atoms with Crippen molar-refractivity contribution in [1.82, 2.24) is 10.3 Å². The number of pyridine rings is 1. The monoisotopic (exact) mass is 344 g/mol. The Hall–Kier alpha value is -2.47. The number of rotatable bonds is 6. The largest absolute Gasteiger partial charge is 0.481 e. The van der Waals surface area contributed by atoms with Gasteiger partial charge in [0.15, 0.2) is 0 Å². The first kappa shape index (κ1) is 17.4. The lowest BCUT2D eigenvalue weighted by molar-refractivity contribution is -0.122. The molecule has 6 heteroatoms. The fourth-order valence-corrected chi connectivity index (χ4v) is 3.11. The number of benzene rings is 1. The topological polar surface area (TPSA) is 71.5 Å². The number of ether oxygens (including phenoxy) is 1. The smallest absolute Gasteiger partial charge is 0.225 e. The van der Waals surface area contributed by atoms with Crippen LogP contribution in [0.25, 0.3) is 0 Å². The molecule has 25 heavy (non-hydrogen) atoms. The standard InChI is InChI=1S/C19H21FN2O3/c1-25-18-7-6-13(11-21-18)19(14-8-15(23)9-14)22-17(24)10-12-4-2-3-5-16(12)20/h2-7,11,14-15,19,23H,8-10H2,1H3,(H,22,24)/t14?,15?,19-/m1/s1. The second-order valence-electron chi connectivity index (χ2n) is 6.33. The van der Waals surface area contributed by atoms with Gasteiger partial charge in [-0.2, -0.15) is 0 Å². The van der Waals surface area contributed by atoms with Gasteiger partial charge in [-0.25, -0.2) is 9.37 Å². The average Bonchev–Trinajstić information content (AvgIpc) is 2.59. The van der Waals surface area contributed by atoms with Crippen LogP contribution in [0.15, 0.2) is 42.6 Å². The van der Waals surface area contributed by atoms with Crippen molar-refractivity contribution in [2.45, 2.75) is 31.4 Å². The number of carbonyl (C=O) groups is 1. The lowest BCUT2D eigenvalue weighted by atomic mass is 9.75. The van der Waals surface area contributed by atoms with E-state index in [4.69, 9.17) is 4.74 Å². The number of aliphatic hydroxyl groups excluding tert-OH is 1. The fourth-order valence-electron chi connectivity index (χ4n) is 3.11. The average molecular weight is 344 g/mol. The molecule has 5 nitrogen and oxygen atoms in total. The Morgan fingerprint density at radius 1 is 1.36 bits per heavy atom. The SMILES string of the molecule is COc1ccc([C@@H](NC(=O)Cc2ccccc2F)C2CC(O)C2)cn1. The molecule has 1 fully saturated rings. The van der Waals surface area contributed by atoms with Gasteiger partial charge in [0, 0.05) is 12.3 Å². The Balaban J connectivity index is 1.73. The molecule has 2 aromatic rings. The zero-order chi connectivity index (χ0) is 17.8. The molecule has 1 aliphatic carbocycles. The number of carbonyl (C=O) groups excluding carboxylic acids is 1. The number of nitrogens with zero attached hydrogens (tertiary/aromatic N) is 1. The molecule has 1 aromatic carbocycles. The van der Waals surface area contributed by atoms with E-state index in [2.05, 4.69) is 10.3 Å². The molecule has 0 spiro atoms. The number of aliphatic hydroxyl groups is 1. The number of nitrogens with one attached hydrogen (secondary N) is 1. The molecule has 0 saturated heterocycles. The predicted molar refractivity (Wildman–Crippen MR) is 90.5 cm³/mol. The summed E-state index contributed by atoms with van der Waals surface area (Å²) in [6.45, 7) is 0. The van der Waals surface area contributed by atoms with E-state index in [9.17, 15) is 14.3 Å².